The summed E-state index contributed by atoms with van der Waals surface area (Å²) < 4.78 is 2.21. The van der Waals surface area contributed by atoms with Crippen molar-refractivity contribution in [2.24, 2.45) is 0 Å². The molecule has 3 heterocycles. The van der Waals surface area contributed by atoms with Gasteiger partial charge < -0.3 is 9.47 Å². The van der Waals surface area contributed by atoms with Gasteiger partial charge in [0.2, 0.25) is 5.95 Å². The molecule has 1 fully saturated rings. The van der Waals surface area contributed by atoms with Crippen molar-refractivity contribution in [2.75, 3.05) is 31.1 Å². The highest BCUT2D eigenvalue weighted by atomic mass is 15.3. The molecule has 0 N–H and O–H groups in total. The molecule has 2 aromatic heterocycles. The molecule has 0 spiro atoms. The Bertz CT molecular complexity index is 528. The van der Waals surface area contributed by atoms with Gasteiger partial charge >= 0.3 is 0 Å². The third-order valence-electron chi connectivity index (χ3n) is 3.84. The molecular weight excluding hydrogens is 250 g/mol. The van der Waals surface area contributed by atoms with Crippen molar-refractivity contribution in [3.05, 3.63) is 42.5 Å². The van der Waals surface area contributed by atoms with Crippen LogP contribution in [-0.2, 0) is 13.1 Å². The van der Waals surface area contributed by atoms with Gasteiger partial charge in [-0.15, -0.1) is 0 Å². The van der Waals surface area contributed by atoms with E-state index in [-0.39, 0.29) is 0 Å². The molecule has 0 atom stereocenters. The molecule has 2 aromatic rings. The van der Waals surface area contributed by atoms with Crippen LogP contribution >= 0.6 is 0 Å². The van der Waals surface area contributed by atoms with Crippen molar-refractivity contribution >= 4 is 5.95 Å². The normalized spacial score (nSPS) is 16.6. The summed E-state index contributed by atoms with van der Waals surface area (Å²) in [6, 6.07) is 4.19. The number of nitrogens with zero attached hydrogens (tertiary/aromatic N) is 5. The summed E-state index contributed by atoms with van der Waals surface area (Å²) in [7, 11) is 0. The molecule has 5 heteroatoms. The molecule has 0 bridgehead atoms. The Morgan fingerprint density at radius 3 is 2.50 bits per heavy atom. The lowest BCUT2D eigenvalue weighted by Crippen LogP contribution is -2.46. The van der Waals surface area contributed by atoms with Gasteiger partial charge in [-0.05, 0) is 24.6 Å². The Morgan fingerprint density at radius 1 is 1.05 bits per heavy atom. The lowest BCUT2D eigenvalue weighted by molar-refractivity contribution is 0.248. The number of aromatic nitrogens is 3. The molecule has 0 amide bonds. The van der Waals surface area contributed by atoms with Gasteiger partial charge in [0.05, 0.1) is 0 Å². The van der Waals surface area contributed by atoms with E-state index < -0.39 is 0 Å². The fourth-order valence-electron chi connectivity index (χ4n) is 2.68. The highest BCUT2D eigenvalue weighted by molar-refractivity contribution is 5.32. The molecule has 0 aromatic carbocycles. The van der Waals surface area contributed by atoms with Crippen molar-refractivity contribution in [2.45, 2.75) is 20.0 Å². The largest absolute Gasteiger partial charge is 0.340 e. The van der Waals surface area contributed by atoms with Gasteiger partial charge in [0.25, 0.3) is 0 Å². The summed E-state index contributed by atoms with van der Waals surface area (Å²) >= 11 is 0. The molecule has 1 aliphatic rings. The van der Waals surface area contributed by atoms with Gasteiger partial charge in [0, 0.05) is 64.1 Å². The van der Waals surface area contributed by atoms with Gasteiger partial charge in [-0.3, -0.25) is 9.88 Å². The second-order valence-corrected chi connectivity index (χ2v) is 5.13. The predicted molar refractivity (Wildman–Crippen MR) is 79.6 cm³/mol. The van der Waals surface area contributed by atoms with Crippen molar-refractivity contribution in [3.63, 3.8) is 0 Å². The van der Waals surface area contributed by atoms with E-state index in [9.17, 15) is 0 Å². The number of hydrogen-bond donors (Lipinski definition) is 0. The maximum atomic E-state index is 4.48. The zero-order chi connectivity index (χ0) is 13.8. The number of anilines is 1. The monoisotopic (exact) mass is 271 g/mol. The molecule has 20 heavy (non-hydrogen) atoms. The van der Waals surface area contributed by atoms with Crippen LogP contribution in [0.5, 0.6) is 0 Å². The lowest BCUT2D eigenvalue weighted by Gasteiger charge is -2.35. The summed E-state index contributed by atoms with van der Waals surface area (Å²) in [6.45, 7) is 8.40. The van der Waals surface area contributed by atoms with Gasteiger partial charge in [0.1, 0.15) is 0 Å². The number of rotatable bonds is 4. The van der Waals surface area contributed by atoms with E-state index in [0.717, 1.165) is 45.2 Å². The SMILES string of the molecule is CCn1ccnc1N1CCN(Cc2ccncc2)CC1. The number of hydrogen-bond acceptors (Lipinski definition) is 4. The Balaban J connectivity index is 1.57. The van der Waals surface area contributed by atoms with Crippen LogP contribution in [0.25, 0.3) is 0 Å². The van der Waals surface area contributed by atoms with E-state index in [1.165, 1.54) is 5.56 Å². The maximum absolute atomic E-state index is 4.48. The van der Waals surface area contributed by atoms with Crippen LogP contribution in [0.4, 0.5) is 5.95 Å². The van der Waals surface area contributed by atoms with E-state index >= 15 is 0 Å². The first-order valence-corrected chi connectivity index (χ1v) is 7.24. The van der Waals surface area contributed by atoms with E-state index in [2.05, 4.69) is 49.6 Å². The second-order valence-electron chi connectivity index (χ2n) is 5.13. The molecular formula is C15H21N5. The zero-order valence-corrected chi connectivity index (χ0v) is 11.9. The Kier molecular flexibility index (Phi) is 3.97. The minimum Gasteiger partial charge on any atom is -0.340 e. The second kappa shape index (κ2) is 6.05. The van der Waals surface area contributed by atoms with Crippen LogP contribution in [0.1, 0.15) is 12.5 Å². The first-order valence-electron chi connectivity index (χ1n) is 7.24. The van der Waals surface area contributed by atoms with Gasteiger partial charge in [-0.1, -0.05) is 0 Å². The van der Waals surface area contributed by atoms with Gasteiger partial charge in [0.15, 0.2) is 0 Å². The average molecular weight is 271 g/mol. The summed E-state index contributed by atoms with van der Waals surface area (Å²) in [4.78, 5) is 13.4. The molecule has 0 unspecified atom stereocenters. The van der Waals surface area contributed by atoms with Crippen molar-refractivity contribution in [3.8, 4) is 0 Å². The Labute approximate surface area is 119 Å². The van der Waals surface area contributed by atoms with Crippen molar-refractivity contribution in [1.29, 1.82) is 0 Å². The molecule has 1 saturated heterocycles. The van der Waals surface area contributed by atoms with E-state index in [1.807, 2.05) is 18.6 Å². The van der Waals surface area contributed by atoms with Crippen LogP contribution in [0, 0.1) is 0 Å². The van der Waals surface area contributed by atoms with E-state index in [4.69, 9.17) is 0 Å². The standard InChI is InChI=1S/C15H21N5/c1-2-19-8-7-17-15(19)20-11-9-18(10-12-20)13-14-3-5-16-6-4-14/h3-8H,2,9-13H2,1H3. The third-order valence-corrected chi connectivity index (χ3v) is 3.84. The topological polar surface area (TPSA) is 37.2 Å². The Morgan fingerprint density at radius 2 is 1.80 bits per heavy atom. The molecule has 1 aliphatic heterocycles. The molecule has 0 aliphatic carbocycles. The summed E-state index contributed by atoms with van der Waals surface area (Å²) in [5.41, 5.74) is 1.34. The maximum Gasteiger partial charge on any atom is 0.205 e. The fourth-order valence-corrected chi connectivity index (χ4v) is 2.68. The number of pyridine rings is 1. The third kappa shape index (κ3) is 2.82. The number of piperazine rings is 1. The van der Waals surface area contributed by atoms with Crippen LogP contribution in [0.2, 0.25) is 0 Å². The predicted octanol–water partition coefficient (Wildman–Crippen LogP) is 1.62. The highest BCUT2D eigenvalue weighted by Gasteiger charge is 2.19. The van der Waals surface area contributed by atoms with Crippen molar-refractivity contribution < 1.29 is 0 Å². The molecule has 0 saturated carbocycles. The van der Waals surface area contributed by atoms with E-state index in [0.29, 0.717) is 0 Å². The first kappa shape index (κ1) is 13.1. The first-order chi connectivity index (χ1) is 9.86. The smallest absolute Gasteiger partial charge is 0.205 e. The number of aryl methyl sites for hydroxylation is 1. The molecule has 0 radical (unpaired) electrons. The van der Waals surface area contributed by atoms with Crippen LogP contribution in [0.15, 0.2) is 36.9 Å². The summed E-state index contributed by atoms with van der Waals surface area (Å²) in [6.07, 6.45) is 7.67. The quantitative estimate of drug-likeness (QED) is 0.847. The summed E-state index contributed by atoms with van der Waals surface area (Å²) in [5.74, 6) is 1.11. The van der Waals surface area contributed by atoms with Gasteiger partial charge in [-0.2, -0.15) is 0 Å². The van der Waals surface area contributed by atoms with Gasteiger partial charge in [-0.25, -0.2) is 4.98 Å². The van der Waals surface area contributed by atoms with Crippen molar-refractivity contribution in [1.82, 2.24) is 19.4 Å². The van der Waals surface area contributed by atoms with E-state index in [1.54, 1.807) is 0 Å². The van der Waals surface area contributed by atoms with Crippen LogP contribution < -0.4 is 4.90 Å². The molecule has 5 nitrogen and oxygen atoms in total. The fraction of sp³-hybridized carbons (Fsp3) is 0.467. The summed E-state index contributed by atoms with van der Waals surface area (Å²) in [5, 5.41) is 0. The molecule has 106 valence electrons. The minimum absolute atomic E-state index is 0.979. The Hall–Kier alpha value is -1.88. The average Bonchev–Trinajstić information content (AvgIpc) is 2.98. The number of imidazole rings is 1. The zero-order valence-electron chi connectivity index (χ0n) is 11.9. The van der Waals surface area contributed by atoms with Crippen LogP contribution in [0.3, 0.4) is 0 Å². The molecule has 3 rings (SSSR count). The van der Waals surface area contributed by atoms with Crippen LogP contribution in [-0.4, -0.2) is 45.6 Å². The lowest BCUT2D eigenvalue weighted by atomic mass is 10.2. The highest BCUT2D eigenvalue weighted by Crippen LogP contribution is 2.15. The minimum atomic E-state index is 0.979.